The number of hydrogen-bond acceptors (Lipinski definition) is 3. The van der Waals surface area contributed by atoms with Crippen LogP contribution in [0.2, 0.25) is 0 Å². The molecule has 0 aliphatic rings. The molecule has 0 aliphatic heterocycles. The third kappa shape index (κ3) is 7.49. The molecular formula is C15H29NO2. The number of ether oxygens (including phenoxy) is 1. The highest BCUT2D eigenvalue weighted by atomic mass is 16.5. The smallest absolute Gasteiger partial charge is 0.333 e. The van der Waals surface area contributed by atoms with Crippen molar-refractivity contribution in [2.45, 2.75) is 59.9 Å². The van der Waals surface area contributed by atoms with Crippen LogP contribution in [0.25, 0.3) is 0 Å². The lowest BCUT2D eigenvalue weighted by Crippen LogP contribution is -2.42. The molecule has 0 radical (unpaired) electrons. The van der Waals surface area contributed by atoms with E-state index in [1.54, 1.807) is 0 Å². The van der Waals surface area contributed by atoms with Crippen LogP contribution >= 0.6 is 0 Å². The molecule has 0 atom stereocenters. The van der Waals surface area contributed by atoms with Gasteiger partial charge in [0.25, 0.3) is 0 Å². The highest BCUT2D eigenvalue weighted by molar-refractivity contribution is 5.88. The lowest BCUT2D eigenvalue weighted by Gasteiger charge is -2.33. The summed E-state index contributed by atoms with van der Waals surface area (Å²) in [5, 5.41) is 3.48. The van der Waals surface area contributed by atoms with E-state index in [2.05, 4.69) is 39.9 Å². The Hall–Kier alpha value is -0.830. The Balaban J connectivity index is 4.39. The van der Waals surface area contributed by atoms with Gasteiger partial charge in [-0.1, -0.05) is 33.8 Å². The molecule has 0 heterocycles. The van der Waals surface area contributed by atoms with Crippen LogP contribution in [0.3, 0.4) is 0 Å². The minimum absolute atomic E-state index is 0.0592. The lowest BCUT2D eigenvalue weighted by molar-refractivity contribution is -0.136. The molecule has 3 heteroatoms. The SMILES string of the molecule is CCC(=CCNC(C)(C)CC(C)(C)C)C(=O)OC. The van der Waals surface area contributed by atoms with E-state index in [4.69, 9.17) is 4.74 Å². The van der Waals surface area contributed by atoms with Gasteiger partial charge in [0.15, 0.2) is 0 Å². The number of methoxy groups -OCH3 is 1. The zero-order valence-corrected chi connectivity index (χ0v) is 13.0. The van der Waals surface area contributed by atoms with Crippen LogP contribution < -0.4 is 5.32 Å². The van der Waals surface area contributed by atoms with Crippen LogP contribution in [-0.2, 0) is 9.53 Å². The Kier molecular flexibility index (Phi) is 6.61. The van der Waals surface area contributed by atoms with Crippen molar-refractivity contribution in [1.29, 1.82) is 0 Å². The van der Waals surface area contributed by atoms with Crippen molar-refractivity contribution in [2.24, 2.45) is 5.41 Å². The third-order valence-corrected chi connectivity index (χ3v) is 2.73. The molecule has 3 nitrogen and oxygen atoms in total. The Morgan fingerprint density at radius 1 is 1.22 bits per heavy atom. The molecule has 0 saturated carbocycles. The first-order valence-electron chi connectivity index (χ1n) is 6.63. The van der Waals surface area contributed by atoms with E-state index >= 15 is 0 Å². The van der Waals surface area contributed by atoms with Crippen molar-refractivity contribution in [3.8, 4) is 0 Å². The predicted molar refractivity (Wildman–Crippen MR) is 76.5 cm³/mol. The molecule has 0 spiro atoms. The first kappa shape index (κ1) is 17.2. The maximum atomic E-state index is 11.4. The predicted octanol–water partition coefficient (Wildman–Crippen LogP) is 3.30. The van der Waals surface area contributed by atoms with Gasteiger partial charge in [0.1, 0.15) is 0 Å². The topological polar surface area (TPSA) is 38.3 Å². The van der Waals surface area contributed by atoms with Crippen LogP contribution in [0.4, 0.5) is 0 Å². The van der Waals surface area contributed by atoms with Crippen molar-refractivity contribution in [3.05, 3.63) is 11.6 Å². The van der Waals surface area contributed by atoms with Crippen molar-refractivity contribution in [3.63, 3.8) is 0 Å². The molecule has 0 aliphatic carbocycles. The quantitative estimate of drug-likeness (QED) is 0.584. The maximum absolute atomic E-state index is 11.4. The number of carbonyl (C=O) groups excluding carboxylic acids is 1. The van der Waals surface area contributed by atoms with Crippen LogP contribution in [0, 0.1) is 5.41 Å². The number of hydrogen-bond donors (Lipinski definition) is 1. The van der Waals surface area contributed by atoms with Gasteiger partial charge in [-0.05, 0) is 32.1 Å². The van der Waals surface area contributed by atoms with Gasteiger partial charge in [0, 0.05) is 17.7 Å². The second-order valence-corrected chi connectivity index (χ2v) is 6.58. The highest BCUT2D eigenvalue weighted by Gasteiger charge is 2.24. The first-order valence-corrected chi connectivity index (χ1v) is 6.63. The molecule has 106 valence electrons. The number of rotatable bonds is 6. The lowest BCUT2D eigenvalue weighted by atomic mass is 9.82. The van der Waals surface area contributed by atoms with Crippen molar-refractivity contribution < 1.29 is 9.53 Å². The molecule has 0 fully saturated rings. The molecule has 0 aromatic heterocycles. The third-order valence-electron chi connectivity index (χ3n) is 2.73. The van der Waals surface area contributed by atoms with Gasteiger partial charge in [0.2, 0.25) is 0 Å². The summed E-state index contributed by atoms with van der Waals surface area (Å²) >= 11 is 0. The average Bonchev–Trinajstić information content (AvgIpc) is 2.19. The molecule has 18 heavy (non-hydrogen) atoms. The first-order chi connectivity index (χ1) is 8.11. The fourth-order valence-electron chi connectivity index (χ4n) is 2.34. The second kappa shape index (κ2) is 6.93. The number of carbonyl (C=O) groups is 1. The fourth-order valence-corrected chi connectivity index (χ4v) is 2.34. The van der Waals surface area contributed by atoms with E-state index in [1.807, 2.05) is 13.0 Å². The Morgan fingerprint density at radius 2 is 1.78 bits per heavy atom. The fraction of sp³-hybridized carbons (Fsp3) is 0.800. The summed E-state index contributed by atoms with van der Waals surface area (Å²) < 4.78 is 4.73. The average molecular weight is 255 g/mol. The van der Waals surface area contributed by atoms with Gasteiger partial charge < -0.3 is 10.1 Å². The van der Waals surface area contributed by atoms with Crippen molar-refractivity contribution in [2.75, 3.05) is 13.7 Å². The van der Waals surface area contributed by atoms with Crippen molar-refractivity contribution >= 4 is 5.97 Å². The van der Waals surface area contributed by atoms with Crippen LogP contribution in [0.15, 0.2) is 11.6 Å². The van der Waals surface area contributed by atoms with Gasteiger partial charge >= 0.3 is 5.97 Å². The Bertz CT molecular complexity index is 298. The molecule has 0 rings (SSSR count). The molecule has 0 saturated heterocycles. The standard InChI is InChI=1S/C15H29NO2/c1-8-12(13(17)18-7)9-10-16-15(5,6)11-14(2,3)4/h9,16H,8,10-11H2,1-7H3. The van der Waals surface area contributed by atoms with E-state index in [0.29, 0.717) is 13.0 Å². The minimum Gasteiger partial charge on any atom is -0.466 e. The summed E-state index contributed by atoms with van der Waals surface area (Å²) in [6, 6.07) is 0. The van der Waals surface area contributed by atoms with Gasteiger partial charge in [-0.15, -0.1) is 0 Å². The highest BCUT2D eigenvalue weighted by Crippen LogP contribution is 2.26. The van der Waals surface area contributed by atoms with Gasteiger partial charge in [0.05, 0.1) is 7.11 Å². The summed E-state index contributed by atoms with van der Waals surface area (Å²) in [6.07, 6.45) is 3.71. The van der Waals surface area contributed by atoms with E-state index in [9.17, 15) is 4.79 Å². The van der Waals surface area contributed by atoms with Crippen LogP contribution in [0.5, 0.6) is 0 Å². The van der Waals surface area contributed by atoms with Gasteiger partial charge in [-0.3, -0.25) is 0 Å². The molecule has 1 N–H and O–H groups in total. The zero-order valence-electron chi connectivity index (χ0n) is 13.0. The molecular weight excluding hydrogens is 226 g/mol. The summed E-state index contributed by atoms with van der Waals surface area (Å²) in [4.78, 5) is 11.4. The molecule has 0 bridgehead atoms. The minimum atomic E-state index is -0.229. The zero-order chi connectivity index (χ0) is 14.4. The summed E-state index contributed by atoms with van der Waals surface area (Å²) in [5.41, 5.74) is 1.08. The van der Waals surface area contributed by atoms with Gasteiger partial charge in [-0.25, -0.2) is 4.79 Å². The summed E-state index contributed by atoms with van der Waals surface area (Å²) in [6.45, 7) is 13.7. The molecule has 0 amide bonds. The van der Waals surface area contributed by atoms with E-state index < -0.39 is 0 Å². The Labute approximate surface area is 112 Å². The number of nitrogens with one attached hydrogen (secondary N) is 1. The maximum Gasteiger partial charge on any atom is 0.333 e. The second-order valence-electron chi connectivity index (χ2n) is 6.58. The summed E-state index contributed by atoms with van der Waals surface area (Å²) in [7, 11) is 1.42. The Morgan fingerprint density at radius 3 is 2.17 bits per heavy atom. The van der Waals surface area contributed by atoms with Gasteiger partial charge in [-0.2, -0.15) is 0 Å². The van der Waals surface area contributed by atoms with E-state index in [0.717, 1.165) is 12.0 Å². The molecule has 0 aromatic carbocycles. The largest absolute Gasteiger partial charge is 0.466 e. The molecule has 0 unspecified atom stereocenters. The van der Waals surface area contributed by atoms with E-state index in [1.165, 1.54) is 7.11 Å². The van der Waals surface area contributed by atoms with Crippen LogP contribution in [0.1, 0.15) is 54.4 Å². The van der Waals surface area contributed by atoms with Crippen LogP contribution in [-0.4, -0.2) is 25.2 Å². The van der Waals surface area contributed by atoms with Crippen molar-refractivity contribution in [1.82, 2.24) is 5.32 Å². The monoisotopic (exact) mass is 255 g/mol. The molecule has 0 aromatic rings. The number of esters is 1. The van der Waals surface area contributed by atoms with E-state index in [-0.39, 0.29) is 16.9 Å². The summed E-state index contributed by atoms with van der Waals surface area (Å²) in [5.74, 6) is -0.229. The normalized spacial score (nSPS) is 13.6.